The second-order valence-electron chi connectivity index (χ2n) is 3.37. The first-order chi connectivity index (χ1) is 9.76. The molecule has 108 valence electrons. The summed E-state index contributed by atoms with van der Waals surface area (Å²) >= 11 is 0. The molecule has 0 saturated heterocycles. The minimum atomic E-state index is 0.119. The summed E-state index contributed by atoms with van der Waals surface area (Å²) in [4.78, 5) is 0. The first-order valence-corrected chi connectivity index (χ1v) is 5.82. The lowest BCUT2D eigenvalue weighted by atomic mass is 10.6. The lowest BCUT2D eigenvalue weighted by molar-refractivity contribution is 0.264. The molecule has 0 aliphatic carbocycles. The van der Waals surface area contributed by atoms with E-state index in [-0.39, 0.29) is 23.4 Å². The monoisotopic (exact) mass is 283 g/mol. The van der Waals surface area contributed by atoms with Crippen LogP contribution in [-0.2, 0) is 0 Å². The predicted molar refractivity (Wildman–Crippen MR) is 63.9 cm³/mol. The summed E-state index contributed by atoms with van der Waals surface area (Å²) in [5, 5.41) is 23.4. The van der Waals surface area contributed by atoms with Crippen LogP contribution in [0.3, 0.4) is 0 Å². The van der Waals surface area contributed by atoms with Crippen LogP contribution in [0.5, 0.6) is 11.8 Å². The first-order valence-electron chi connectivity index (χ1n) is 5.82. The van der Waals surface area contributed by atoms with Crippen molar-refractivity contribution in [3.63, 3.8) is 0 Å². The highest BCUT2D eigenvalue weighted by atomic mass is 16.6. The Labute approximate surface area is 113 Å². The quantitative estimate of drug-likeness (QED) is 0.547. The van der Waals surface area contributed by atoms with Gasteiger partial charge in [-0.05, 0) is 34.5 Å². The van der Waals surface area contributed by atoms with Crippen molar-refractivity contribution in [3.05, 3.63) is 0 Å². The molecule has 20 heavy (non-hydrogen) atoms. The summed E-state index contributed by atoms with van der Waals surface area (Å²) in [6, 6.07) is 0. The zero-order valence-corrected chi connectivity index (χ0v) is 11.2. The van der Waals surface area contributed by atoms with Crippen LogP contribution in [-0.4, -0.2) is 40.9 Å². The molecule has 0 unspecified atom stereocenters. The van der Waals surface area contributed by atoms with E-state index in [2.05, 4.69) is 40.2 Å². The van der Waals surface area contributed by atoms with Crippen molar-refractivity contribution in [1.29, 1.82) is 0 Å². The van der Waals surface area contributed by atoms with Crippen LogP contribution >= 0.6 is 0 Å². The number of rotatable bonds is 7. The van der Waals surface area contributed by atoms with Gasteiger partial charge in [-0.1, -0.05) is 5.22 Å². The minimum Gasteiger partial charge on any atom is -0.473 e. The molecular formula is C9H13N7O4. The maximum absolute atomic E-state index is 5.22. The van der Waals surface area contributed by atoms with E-state index in [0.717, 1.165) is 0 Å². The minimum absolute atomic E-state index is 0.119. The molecule has 2 rings (SSSR count). The van der Waals surface area contributed by atoms with Crippen LogP contribution in [0.25, 0.3) is 0 Å². The standard InChI is InChI=1S/C9H13N7O4/c1-4-17-8-6(11-19-13-8)10-15-16(3)7-9(18-5-2)14-20-12-7/h4-5H2,1-3H3. The van der Waals surface area contributed by atoms with Crippen LogP contribution < -0.4 is 14.5 Å². The third kappa shape index (κ3) is 2.99. The highest BCUT2D eigenvalue weighted by Crippen LogP contribution is 2.25. The van der Waals surface area contributed by atoms with Gasteiger partial charge in [-0.3, -0.25) is 0 Å². The normalized spacial score (nSPS) is 10.9. The summed E-state index contributed by atoms with van der Waals surface area (Å²) < 4.78 is 19.5. The lowest BCUT2D eigenvalue weighted by Gasteiger charge is -2.07. The fourth-order valence-corrected chi connectivity index (χ4v) is 1.22. The summed E-state index contributed by atoms with van der Waals surface area (Å²) in [5.74, 6) is 0.781. The van der Waals surface area contributed by atoms with Gasteiger partial charge in [0, 0.05) is 7.05 Å². The van der Waals surface area contributed by atoms with Crippen LogP contribution in [0.2, 0.25) is 0 Å². The van der Waals surface area contributed by atoms with Gasteiger partial charge in [0.05, 0.1) is 13.2 Å². The van der Waals surface area contributed by atoms with Gasteiger partial charge >= 0.3 is 11.8 Å². The smallest absolute Gasteiger partial charge is 0.304 e. The molecule has 2 aromatic heterocycles. The Morgan fingerprint density at radius 1 is 1.00 bits per heavy atom. The van der Waals surface area contributed by atoms with E-state index in [9.17, 15) is 0 Å². The molecule has 0 aliphatic rings. The second-order valence-corrected chi connectivity index (χ2v) is 3.37. The number of nitrogens with zero attached hydrogens (tertiary/aromatic N) is 7. The Balaban J connectivity index is 2.10. The molecule has 0 aromatic carbocycles. The third-order valence-corrected chi connectivity index (χ3v) is 2.03. The average molecular weight is 283 g/mol. The van der Waals surface area contributed by atoms with Crippen molar-refractivity contribution in [2.24, 2.45) is 10.3 Å². The summed E-state index contributed by atoms with van der Waals surface area (Å²) in [5.41, 5.74) is 0. The van der Waals surface area contributed by atoms with Gasteiger partial charge in [-0.15, -0.1) is 5.11 Å². The van der Waals surface area contributed by atoms with E-state index in [0.29, 0.717) is 13.2 Å². The molecule has 2 heterocycles. The zero-order chi connectivity index (χ0) is 14.4. The molecule has 11 nitrogen and oxygen atoms in total. The summed E-state index contributed by atoms with van der Waals surface area (Å²) in [6.07, 6.45) is 0. The van der Waals surface area contributed by atoms with Crippen LogP contribution in [0.4, 0.5) is 11.6 Å². The van der Waals surface area contributed by atoms with Crippen LogP contribution in [0.1, 0.15) is 13.8 Å². The van der Waals surface area contributed by atoms with Gasteiger partial charge < -0.3 is 9.47 Å². The largest absolute Gasteiger partial charge is 0.473 e. The number of anilines is 1. The van der Waals surface area contributed by atoms with Gasteiger partial charge in [0.2, 0.25) is 0 Å². The van der Waals surface area contributed by atoms with Gasteiger partial charge in [0.25, 0.3) is 11.6 Å². The molecule has 0 spiro atoms. The third-order valence-electron chi connectivity index (χ3n) is 2.03. The van der Waals surface area contributed by atoms with Gasteiger partial charge in [0.15, 0.2) is 0 Å². The van der Waals surface area contributed by atoms with Crippen molar-refractivity contribution in [2.45, 2.75) is 13.8 Å². The fourth-order valence-electron chi connectivity index (χ4n) is 1.22. The first kappa shape index (κ1) is 13.7. The van der Waals surface area contributed by atoms with E-state index in [1.54, 1.807) is 14.0 Å². The molecule has 0 radical (unpaired) electrons. The van der Waals surface area contributed by atoms with Crippen molar-refractivity contribution < 1.29 is 18.7 Å². The topological polar surface area (TPSA) is 124 Å². The molecule has 0 saturated carbocycles. The Bertz CT molecular complexity index is 566. The molecule has 0 amide bonds. The summed E-state index contributed by atoms with van der Waals surface area (Å²) in [6.45, 7) is 4.45. The van der Waals surface area contributed by atoms with Crippen LogP contribution in [0.15, 0.2) is 19.6 Å². The summed E-state index contributed by atoms with van der Waals surface area (Å²) in [7, 11) is 1.60. The number of ether oxygens (including phenoxy) is 2. The zero-order valence-electron chi connectivity index (χ0n) is 11.2. The molecule has 0 N–H and O–H groups in total. The predicted octanol–water partition coefficient (Wildman–Crippen LogP) is 1.39. The highest BCUT2D eigenvalue weighted by molar-refractivity contribution is 5.44. The van der Waals surface area contributed by atoms with E-state index in [1.807, 2.05) is 6.92 Å². The van der Waals surface area contributed by atoms with Gasteiger partial charge in [-0.25, -0.2) is 14.3 Å². The van der Waals surface area contributed by atoms with E-state index in [1.165, 1.54) is 5.01 Å². The number of hydrogen-bond acceptors (Lipinski definition) is 10. The Morgan fingerprint density at radius 3 is 2.40 bits per heavy atom. The van der Waals surface area contributed by atoms with Crippen molar-refractivity contribution >= 4 is 11.6 Å². The fraction of sp³-hybridized carbons (Fsp3) is 0.556. The van der Waals surface area contributed by atoms with Crippen molar-refractivity contribution in [3.8, 4) is 11.8 Å². The van der Waals surface area contributed by atoms with Gasteiger partial charge in [-0.2, -0.15) is 0 Å². The molecular weight excluding hydrogens is 270 g/mol. The molecule has 0 bridgehead atoms. The average Bonchev–Trinajstić information content (AvgIpc) is 3.06. The van der Waals surface area contributed by atoms with Crippen molar-refractivity contribution in [2.75, 3.05) is 25.3 Å². The van der Waals surface area contributed by atoms with E-state index < -0.39 is 0 Å². The SMILES string of the molecule is CCOc1nonc1N=NN(C)c1nonc1OCC. The molecule has 0 atom stereocenters. The molecule has 0 fully saturated rings. The van der Waals surface area contributed by atoms with E-state index >= 15 is 0 Å². The Kier molecular flexibility index (Phi) is 4.42. The maximum Gasteiger partial charge on any atom is 0.304 e. The molecule has 11 heteroatoms. The van der Waals surface area contributed by atoms with Gasteiger partial charge in [0.1, 0.15) is 0 Å². The van der Waals surface area contributed by atoms with Crippen molar-refractivity contribution in [1.82, 2.24) is 20.6 Å². The lowest BCUT2D eigenvalue weighted by Crippen LogP contribution is -2.09. The Morgan fingerprint density at radius 2 is 1.65 bits per heavy atom. The van der Waals surface area contributed by atoms with E-state index in [4.69, 9.17) is 9.47 Å². The number of hydrogen-bond donors (Lipinski definition) is 0. The maximum atomic E-state index is 5.22. The second kappa shape index (κ2) is 6.45. The van der Waals surface area contributed by atoms with Crippen LogP contribution in [0, 0.1) is 0 Å². The molecule has 0 aliphatic heterocycles. The molecule has 2 aromatic rings. The number of aromatic nitrogens is 4. The Hall–Kier alpha value is -2.72. The highest BCUT2D eigenvalue weighted by Gasteiger charge is 2.16.